The fourth-order valence-electron chi connectivity index (χ4n) is 3.40. The van der Waals surface area contributed by atoms with Crippen LogP contribution in [0.3, 0.4) is 0 Å². The number of nitrogens with one attached hydrogen (secondary N) is 1. The number of halogens is 1. The molecule has 1 fully saturated rings. The average Bonchev–Trinajstić information content (AvgIpc) is 2.11. The Morgan fingerprint density at radius 1 is 1.28 bits per heavy atom. The van der Waals surface area contributed by atoms with Crippen molar-refractivity contribution < 1.29 is 4.79 Å². The number of nitrogens with two attached hydrogens (primary N) is 1. The molecule has 0 aliphatic heterocycles. The summed E-state index contributed by atoms with van der Waals surface area (Å²) in [4.78, 5) is 11.9. The summed E-state index contributed by atoms with van der Waals surface area (Å²) in [6, 6.07) is 0.301. The van der Waals surface area contributed by atoms with Crippen molar-refractivity contribution in [3.05, 3.63) is 0 Å². The van der Waals surface area contributed by atoms with Crippen LogP contribution in [0, 0.1) is 16.7 Å². The normalized spacial score (nSPS) is 23.9. The van der Waals surface area contributed by atoms with Crippen LogP contribution in [0.4, 0.5) is 0 Å². The van der Waals surface area contributed by atoms with Crippen molar-refractivity contribution in [1.29, 1.82) is 0 Å². The molecule has 0 heterocycles. The molecule has 0 aromatic rings. The first-order valence-electron chi connectivity index (χ1n) is 6.66. The monoisotopic (exact) mass is 276 g/mol. The molecule has 1 saturated carbocycles. The quantitative estimate of drug-likeness (QED) is 0.833. The van der Waals surface area contributed by atoms with Crippen LogP contribution in [0.1, 0.15) is 53.9 Å². The first kappa shape index (κ1) is 17.7. The lowest BCUT2D eigenvalue weighted by Gasteiger charge is -2.45. The van der Waals surface area contributed by atoms with Gasteiger partial charge in [-0.2, -0.15) is 0 Å². The first-order valence-corrected chi connectivity index (χ1v) is 6.66. The van der Waals surface area contributed by atoms with Crippen molar-refractivity contribution >= 4 is 18.3 Å². The standard InChI is InChI=1S/C14H28N2O.ClH/c1-10(8-15)12(17)16-11-6-13(2,3)9-14(4,5)7-11;/h10-11H,6-9,15H2,1-5H3,(H,16,17);1H. The van der Waals surface area contributed by atoms with Gasteiger partial charge in [0, 0.05) is 18.5 Å². The van der Waals surface area contributed by atoms with E-state index in [2.05, 4.69) is 33.0 Å². The van der Waals surface area contributed by atoms with Crippen molar-refractivity contribution in [3.63, 3.8) is 0 Å². The van der Waals surface area contributed by atoms with E-state index < -0.39 is 0 Å². The Kier molecular flexibility index (Phi) is 6.15. The molecule has 1 aliphatic rings. The highest BCUT2D eigenvalue weighted by molar-refractivity contribution is 5.85. The maximum absolute atomic E-state index is 11.9. The molecule has 0 aromatic carbocycles. The topological polar surface area (TPSA) is 55.1 Å². The average molecular weight is 277 g/mol. The highest BCUT2D eigenvalue weighted by Crippen LogP contribution is 2.45. The predicted molar refractivity (Wildman–Crippen MR) is 78.8 cm³/mol. The molecule has 0 spiro atoms. The van der Waals surface area contributed by atoms with Gasteiger partial charge in [0.1, 0.15) is 0 Å². The van der Waals surface area contributed by atoms with Gasteiger partial charge in [0.2, 0.25) is 5.91 Å². The van der Waals surface area contributed by atoms with Gasteiger partial charge in [-0.3, -0.25) is 4.79 Å². The summed E-state index contributed by atoms with van der Waals surface area (Å²) >= 11 is 0. The molecular formula is C14H29ClN2O. The third kappa shape index (κ3) is 5.15. The van der Waals surface area contributed by atoms with E-state index in [-0.39, 0.29) is 24.2 Å². The van der Waals surface area contributed by atoms with Gasteiger partial charge in [-0.05, 0) is 30.1 Å². The molecule has 108 valence electrons. The van der Waals surface area contributed by atoms with Gasteiger partial charge < -0.3 is 11.1 Å². The van der Waals surface area contributed by atoms with Gasteiger partial charge in [0.25, 0.3) is 0 Å². The van der Waals surface area contributed by atoms with Crippen LogP contribution in [-0.4, -0.2) is 18.5 Å². The van der Waals surface area contributed by atoms with Gasteiger partial charge in [-0.15, -0.1) is 12.4 Å². The number of rotatable bonds is 3. The minimum absolute atomic E-state index is 0. The Bertz CT molecular complexity index is 274. The van der Waals surface area contributed by atoms with E-state index in [0.29, 0.717) is 23.4 Å². The number of hydrogen-bond donors (Lipinski definition) is 2. The number of hydrogen-bond acceptors (Lipinski definition) is 2. The van der Waals surface area contributed by atoms with Gasteiger partial charge in [-0.1, -0.05) is 34.6 Å². The van der Waals surface area contributed by atoms with E-state index >= 15 is 0 Å². The second kappa shape index (κ2) is 6.25. The van der Waals surface area contributed by atoms with E-state index in [0.717, 1.165) is 12.8 Å². The minimum atomic E-state index is -0.0804. The highest BCUT2D eigenvalue weighted by atomic mass is 35.5. The molecule has 1 amide bonds. The Balaban J connectivity index is 0.00000289. The molecule has 4 heteroatoms. The molecule has 0 saturated heterocycles. The van der Waals surface area contributed by atoms with E-state index in [4.69, 9.17) is 5.73 Å². The Morgan fingerprint density at radius 3 is 2.11 bits per heavy atom. The van der Waals surface area contributed by atoms with Crippen LogP contribution in [0.5, 0.6) is 0 Å². The summed E-state index contributed by atoms with van der Waals surface area (Å²) in [5, 5.41) is 3.16. The van der Waals surface area contributed by atoms with Gasteiger partial charge in [0.15, 0.2) is 0 Å². The summed E-state index contributed by atoms with van der Waals surface area (Å²) in [5.41, 5.74) is 6.15. The lowest BCUT2D eigenvalue weighted by molar-refractivity contribution is -0.125. The number of amides is 1. The molecule has 1 unspecified atom stereocenters. The lowest BCUT2D eigenvalue weighted by atomic mass is 9.63. The molecule has 18 heavy (non-hydrogen) atoms. The van der Waals surface area contributed by atoms with E-state index in [1.807, 2.05) is 6.92 Å². The molecule has 0 bridgehead atoms. The Morgan fingerprint density at radius 2 is 1.72 bits per heavy atom. The van der Waals surface area contributed by atoms with Crippen LogP contribution in [0.15, 0.2) is 0 Å². The number of carbonyl (C=O) groups is 1. The molecule has 3 N–H and O–H groups in total. The summed E-state index contributed by atoms with van der Waals surface area (Å²) in [6.07, 6.45) is 3.36. The van der Waals surface area contributed by atoms with Gasteiger partial charge in [0.05, 0.1) is 0 Å². The van der Waals surface area contributed by atoms with E-state index in [1.165, 1.54) is 6.42 Å². The smallest absolute Gasteiger partial charge is 0.224 e. The molecule has 0 aromatic heterocycles. The summed E-state index contributed by atoms with van der Waals surface area (Å²) in [5.74, 6) is 0.0224. The minimum Gasteiger partial charge on any atom is -0.353 e. The van der Waals surface area contributed by atoms with Crippen molar-refractivity contribution in [1.82, 2.24) is 5.32 Å². The number of carbonyl (C=O) groups excluding carboxylic acids is 1. The van der Waals surface area contributed by atoms with Crippen LogP contribution in [0.25, 0.3) is 0 Å². The predicted octanol–water partition coefficient (Wildman–Crippen LogP) is 2.72. The largest absolute Gasteiger partial charge is 0.353 e. The highest BCUT2D eigenvalue weighted by Gasteiger charge is 2.39. The Labute approximate surface area is 118 Å². The molecule has 1 rings (SSSR count). The van der Waals surface area contributed by atoms with Gasteiger partial charge >= 0.3 is 0 Å². The van der Waals surface area contributed by atoms with Crippen LogP contribution in [0.2, 0.25) is 0 Å². The zero-order chi connectivity index (χ0) is 13.3. The SMILES string of the molecule is CC(CN)C(=O)NC1CC(C)(C)CC(C)(C)C1.Cl. The van der Waals surface area contributed by atoms with Crippen LogP contribution in [-0.2, 0) is 4.79 Å². The molecule has 3 nitrogen and oxygen atoms in total. The summed E-state index contributed by atoms with van der Waals surface area (Å²) < 4.78 is 0. The van der Waals surface area contributed by atoms with E-state index in [1.54, 1.807) is 0 Å². The third-order valence-corrected chi connectivity index (χ3v) is 3.70. The lowest BCUT2D eigenvalue weighted by Crippen LogP contribution is -2.48. The molecule has 1 aliphatic carbocycles. The maximum Gasteiger partial charge on any atom is 0.224 e. The molecular weight excluding hydrogens is 248 g/mol. The van der Waals surface area contributed by atoms with Crippen molar-refractivity contribution in [2.24, 2.45) is 22.5 Å². The third-order valence-electron chi connectivity index (χ3n) is 3.70. The van der Waals surface area contributed by atoms with Crippen molar-refractivity contribution in [3.8, 4) is 0 Å². The zero-order valence-electron chi connectivity index (χ0n) is 12.4. The summed E-state index contributed by atoms with van der Waals surface area (Å²) in [6.45, 7) is 11.5. The second-order valence-electron chi connectivity index (χ2n) is 7.26. The summed E-state index contributed by atoms with van der Waals surface area (Å²) in [7, 11) is 0. The maximum atomic E-state index is 11.9. The fraction of sp³-hybridized carbons (Fsp3) is 0.929. The van der Waals surface area contributed by atoms with Crippen molar-refractivity contribution in [2.75, 3.05) is 6.54 Å². The molecule has 1 atom stereocenters. The molecule has 0 radical (unpaired) electrons. The van der Waals surface area contributed by atoms with Gasteiger partial charge in [-0.25, -0.2) is 0 Å². The fourth-order valence-corrected chi connectivity index (χ4v) is 3.40. The van der Waals surface area contributed by atoms with Crippen LogP contribution >= 0.6 is 12.4 Å². The van der Waals surface area contributed by atoms with Crippen molar-refractivity contribution in [2.45, 2.75) is 59.9 Å². The zero-order valence-corrected chi connectivity index (χ0v) is 13.2. The Hall–Kier alpha value is -0.280. The second-order valence-corrected chi connectivity index (χ2v) is 7.26. The first-order chi connectivity index (χ1) is 7.65. The van der Waals surface area contributed by atoms with E-state index in [9.17, 15) is 4.79 Å². The van der Waals surface area contributed by atoms with Crippen LogP contribution < -0.4 is 11.1 Å².